The van der Waals surface area contributed by atoms with Gasteiger partial charge in [0.05, 0.1) is 6.61 Å². The Hall–Kier alpha value is -1.51. The second-order valence-electron chi connectivity index (χ2n) is 6.11. The number of hydrogen-bond donors (Lipinski definition) is 7. The molecule has 0 aliphatic carbocycles. The molecule has 2 rings (SSSR count). The summed E-state index contributed by atoms with van der Waals surface area (Å²) in [6.07, 6.45) is -3.67. The lowest BCUT2D eigenvalue weighted by Gasteiger charge is -2.27. The molecule has 1 saturated heterocycles. The van der Waals surface area contributed by atoms with E-state index in [-0.39, 0.29) is 0 Å². The van der Waals surface area contributed by atoms with Gasteiger partial charge in [0, 0.05) is 12.3 Å². The first kappa shape index (κ1) is 26.7. The first-order chi connectivity index (χ1) is 14.5. The van der Waals surface area contributed by atoms with Crippen LogP contribution < -0.4 is 11.2 Å². The van der Waals surface area contributed by atoms with E-state index in [2.05, 4.69) is 25.5 Å². The van der Waals surface area contributed by atoms with Crippen molar-refractivity contribution in [2.45, 2.75) is 24.0 Å². The van der Waals surface area contributed by atoms with Gasteiger partial charge >= 0.3 is 29.2 Å². The molecule has 180 valence electrons. The third kappa shape index (κ3) is 6.51. The lowest BCUT2D eigenvalue weighted by molar-refractivity contribution is -0.0811. The van der Waals surface area contributed by atoms with Gasteiger partial charge in [-0.3, -0.25) is 18.9 Å². The van der Waals surface area contributed by atoms with Crippen LogP contribution >= 0.6 is 23.5 Å². The molecule has 20 heteroatoms. The Kier molecular flexibility index (Phi) is 7.85. The molecule has 7 N–H and O–H groups in total. The Morgan fingerprint density at radius 2 is 1.84 bits per heavy atom. The van der Waals surface area contributed by atoms with E-state index in [0.29, 0.717) is 4.57 Å². The highest BCUT2D eigenvalue weighted by atomic mass is 31.3. The van der Waals surface area contributed by atoms with Gasteiger partial charge in [-0.25, -0.2) is 18.5 Å². The maximum absolute atomic E-state index is 12.0. The van der Waals surface area contributed by atoms with E-state index < -0.39 is 65.4 Å². The minimum absolute atomic E-state index is 0.670. The number of aromatic amines is 1. The Labute approximate surface area is 177 Å². The molecule has 6 unspecified atom stereocenters. The van der Waals surface area contributed by atoms with E-state index >= 15 is 0 Å². The van der Waals surface area contributed by atoms with Gasteiger partial charge in [-0.05, 0) is 6.08 Å². The number of aliphatic hydroxyl groups excluding tert-OH is 1. The van der Waals surface area contributed by atoms with Crippen molar-refractivity contribution in [3.63, 3.8) is 0 Å². The van der Waals surface area contributed by atoms with Crippen LogP contribution in [0, 0.1) is 0 Å². The van der Waals surface area contributed by atoms with Gasteiger partial charge in [0.25, 0.3) is 5.56 Å². The predicted molar refractivity (Wildman–Crippen MR) is 99.7 cm³/mol. The molecule has 6 atom stereocenters. The molecule has 17 nitrogen and oxygen atoms in total. The Balaban J connectivity index is 2.24. The van der Waals surface area contributed by atoms with Crippen molar-refractivity contribution in [1.29, 1.82) is 0 Å². The number of ether oxygens (including phenoxy) is 1. The molecule has 1 aromatic rings. The number of phosphoric acid groups is 3. The Bertz CT molecular complexity index is 1160. The highest BCUT2D eigenvalue weighted by Gasteiger charge is 2.56. The third-order valence-corrected chi connectivity index (χ3v) is 7.58. The van der Waals surface area contributed by atoms with Crippen molar-refractivity contribution in [3.05, 3.63) is 51.5 Å². The van der Waals surface area contributed by atoms with Gasteiger partial charge in [-0.2, -0.15) is 8.62 Å². The Morgan fingerprint density at radius 1 is 1.22 bits per heavy atom. The number of hydrogen-bond acceptors (Lipinski definition) is 11. The summed E-state index contributed by atoms with van der Waals surface area (Å²) in [6.45, 7) is 2.11. The number of aromatic nitrogens is 2. The van der Waals surface area contributed by atoms with E-state index in [1.807, 2.05) is 4.98 Å². The molecule has 0 amide bonds. The highest BCUT2D eigenvalue weighted by Crippen LogP contribution is 2.66. The summed E-state index contributed by atoms with van der Waals surface area (Å²) in [5.41, 5.74) is -2.09. The van der Waals surface area contributed by atoms with Gasteiger partial charge in [0.1, 0.15) is 12.2 Å². The number of nitrogens with zero attached hydrogens (tertiary/aromatic N) is 1. The second kappa shape index (κ2) is 9.39. The predicted octanol–water partition coefficient (Wildman–Crippen LogP) is -1.79. The SMILES string of the molecule is C=C=CC1(O)C(O)C(COP(=O)(O)OP(=O)(O)OP(=O)(O)O)OC1n1ccc(=O)[nH]c1=O. The van der Waals surface area contributed by atoms with Gasteiger partial charge in [-0.1, -0.05) is 6.58 Å². The van der Waals surface area contributed by atoms with Crippen LogP contribution in [0.25, 0.3) is 0 Å². The summed E-state index contributed by atoms with van der Waals surface area (Å²) in [7, 11) is -16.9. The van der Waals surface area contributed by atoms with E-state index in [9.17, 15) is 38.4 Å². The maximum Gasteiger partial charge on any atom is 0.490 e. The van der Waals surface area contributed by atoms with Crippen LogP contribution in [0.15, 0.2) is 40.2 Å². The molecule has 2 heterocycles. The van der Waals surface area contributed by atoms with E-state index in [4.69, 9.17) is 19.4 Å². The van der Waals surface area contributed by atoms with Crippen molar-refractivity contribution in [3.8, 4) is 0 Å². The summed E-state index contributed by atoms with van der Waals surface area (Å²) in [5.74, 6) is 0. The number of phosphoric ester groups is 1. The van der Waals surface area contributed by atoms with Crippen molar-refractivity contribution in [2.24, 2.45) is 0 Å². The topological polar surface area (TPSA) is 264 Å². The van der Waals surface area contributed by atoms with E-state index in [0.717, 1.165) is 18.3 Å². The summed E-state index contributed by atoms with van der Waals surface area (Å²) >= 11 is 0. The lowest BCUT2D eigenvalue weighted by Crippen LogP contribution is -2.47. The normalized spacial score (nSPS) is 29.6. The van der Waals surface area contributed by atoms with Crippen LogP contribution in [0.1, 0.15) is 6.23 Å². The average molecular weight is 522 g/mol. The first-order valence-corrected chi connectivity index (χ1v) is 12.5. The van der Waals surface area contributed by atoms with Crippen LogP contribution in [0.5, 0.6) is 0 Å². The lowest BCUT2D eigenvalue weighted by atomic mass is 9.94. The van der Waals surface area contributed by atoms with Crippen molar-refractivity contribution >= 4 is 23.5 Å². The molecular weight excluding hydrogens is 505 g/mol. The monoisotopic (exact) mass is 522 g/mol. The molecule has 1 aromatic heterocycles. The number of rotatable bonds is 9. The van der Waals surface area contributed by atoms with E-state index in [1.54, 1.807) is 0 Å². The highest BCUT2D eigenvalue weighted by molar-refractivity contribution is 7.66. The summed E-state index contributed by atoms with van der Waals surface area (Å²) in [5, 5.41) is 21.2. The number of aliphatic hydroxyl groups is 2. The van der Waals surface area contributed by atoms with Gasteiger partial charge < -0.3 is 34.5 Å². The quantitative estimate of drug-likeness (QED) is 0.139. The summed E-state index contributed by atoms with van der Waals surface area (Å²) in [4.78, 5) is 60.8. The summed E-state index contributed by atoms with van der Waals surface area (Å²) < 4.78 is 51.2. The zero-order valence-electron chi connectivity index (χ0n) is 15.5. The molecular formula is C12H17N2O15P3. The maximum atomic E-state index is 12.0. The minimum Gasteiger partial charge on any atom is -0.387 e. The van der Waals surface area contributed by atoms with Crippen LogP contribution in [0.3, 0.4) is 0 Å². The molecule has 0 saturated carbocycles. The van der Waals surface area contributed by atoms with Crippen LogP contribution in [-0.4, -0.2) is 63.8 Å². The fourth-order valence-electron chi connectivity index (χ4n) is 2.61. The molecule has 1 fully saturated rings. The standard InChI is InChI=1S/C12H17N2O15P3/c1-2-4-12(18)9(16)7(27-10(12)14-5-3-8(15)13-11(14)17)6-26-31(22,23)29-32(24,25)28-30(19,20)21/h3-5,7,9-10,16,18H,1,6H2,(H,22,23)(H,24,25)(H,13,15,17)(H2,19,20,21). The fourth-order valence-corrected chi connectivity index (χ4v) is 5.64. The van der Waals surface area contributed by atoms with E-state index in [1.165, 1.54) is 0 Å². The minimum atomic E-state index is -5.78. The Morgan fingerprint density at radius 3 is 2.38 bits per heavy atom. The van der Waals surface area contributed by atoms with Gasteiger partial charge in [-0.15, -0.1) is 5.73 Å². The largest absolute Gasteiger partial charge is 0.490 e. The fraction of sp³-hybridized carbons (Fsp3) is 0.417. The molecule has 0 aromatic carbocycles. The third-order valence-electron chi connectivity index (χ3n) is 3.78. The molecule has 32 heavy (non-hydrogen) atoms. The molecule has 1 aliphatic rings. The van der Waals surface area contributed by atoms with Crippen molar-refractivity contribution in [2.75, 3.05) is 6.61 Å². The van der Waals surface area contributed by atoms with Gasteiger partial charge in [0.15, 0.2) is 11.8 Å². The first-order valence-electron chi connectivity index (χ1n) is 8.02. The number of nitrogens with one attached hydrogen (secondary N) is 1. The molecule has 0 bridgehead atoms. The van der Waals surface area contributed by atoms with Crippen LogP contribution in [0.2, 0.25) is 0 Å². The second-order valence-corrected chi connectivity index (χ2v) is 10.5. The molecule has 1 aliphatic heterocycles. The summed E-state index contributed by atoms with van der Waals surface area (Å²) in [6, 6.07) is 0.897. The zero-order chi connectivity index (χ0) is 24.5. The average Bonchev–Trinajstić information content (AvgIpc) is 2.82. The van der Waals surface area contributed by atoms with Crippen LogP contribution in [0.4, 0.5) is 0 Å². The smallest absolute Gasteiger partial charge is 0.387 e. The van der Waals surface area contributed by atoms with Crippen molar-refractivity contribution in [1.82, 2.24) is 9.55 Å². The zero-order valence-corrected chi connectivity index (χ0v) is 18.2. The number of H-pyrrole nitrogens is 1. The van der Waals surface area contributed by atoms with Gasteiger partial charge in [0.2, 0.25) is 0 Å². The van der Waals surface area contributed by atoms with Crippen molar-refractivity contribution < 1.29 is 61.4 Å². The molecule has 0 radical (unpaired) electrons. The molecule has 0 spiro atoms. The van der Waals surface area contributed by atoms with Crippen LogP contribution in [-0.2, 0) is 31.6 Å².